The van der Waals surface area contributed by atoms with Crippen LogP contribution >= 0.6 is 39.1 Å². The molecule has 5 nitrogen and oxygen atoms in total. The molecule has 0 atom stereocenters. The molecule has 0 bridgehead atoms. The number of aromatic carboxylic acids is 1. The summed E-state index contributed by atoms with van der Waals surface area (Å²) in [6.07, 6.45) is 2.57. The molecule has 0 amide bonds. The third kappa shape index (κ3) is 3.15. The Balaban J connectivity index is 2.42. The highest BCUT2D eigenvalue weighted by Gasteiger charge is 2.16. The van der Waals surface area contributed by atoms with Crippen LogP contribution in [0.1, 0.15) is 10.5 Å². The monoisotopic (exact) mass is 362 g/mol. The molecule has 98 valence electrons. The summed E-state index contributed by atoms with van der Waals surface area (Å²) < 4.78 is 5.95. The Morgan fingerprint density at radius 3 is 2.58 bits per heavy atom. The number of benzene rings is 1. The van der Waals surface area contributed by atoms with E-state index in [0.29, 0.717) is 9.50 Å². The van der Waals surface area contributed by atoms with Crippen molar-refractivity contribution in [3.05, 3.63) is 44.7 Å². The Hall–Kier alpha value is -1.37. The second-order valence-corrected chi connectivity index (χ2v) is 4.98. The van der Waals surface area contributed by atoms with Crippen LogP contribution in [0.25, 0.3) is 0 Å². The molecule has 0 aliphatic heterocycles. The smallest absolute Gasteiger partial charge is 0.360 e. The largest absolute Gasteiger partial charge is 0.476 e. The lowest BCUT2D eigenvalue weighted by atomic mass is 10.3. The van der Waals surface area contributed by atoms with Crippen molar-refractivity contribution in [2.45, 2.75) is 0 Å². The molecule has 0 radical (unpaired) electrons. The number of carboxylic acid groups (broad SMARTS) is 1. The molecule has 1 heterocycles. The lowest BCUT2D eigenvalue weighted by Gasteiger charge is -2.09. The van der Waals surface area contributed by atoms with Gasteiger partial charge in [-0.05, 0) is 22.0 Å². The van der Waals surface area contributed by atoms with Crippen LogP contribution in [0.15, 0.2) is 29.0 Å². The molecule has 1 N–H and O–H groups in total. The maximum Gasteiger partial charge on any atom is 0.360 e. The van der Waals surface area contributed by atoms with Gasteiger partial charge in [0.1, 0.15) is 5.75 Å². The number of rotatable bonds is 3. The molecule has 1 aromatic carbocycles. The third-order valence-corrected chi connectivity index (χ3v) is 3.54. The van der Waals surface area contributed by atoms with Gasteiger partial charge in [-0.15, -0.1) is 0 Å². The molecule has 0 saturated heterocycles. The summed E-state index contributed by atoms with van der Waals surface area (Å²) in [5.74, 6) is -1.21. The maximum atomic E-state index is 11.0. The van der Waals surface area contributed by atoms with E-state index in [-0.39, 0.29) is 22.3 Å². The van der Waals surface area contributed by atoms with E-state index in [1.165, 1.54) is 24.5 Å². The Kier molecular flexibility index (Phi) is 4.24. The minimum Gasteiger partial charge on any atom is -0.476 e. The van der Waals surface area contributed by atoms with Crippen molar-refractivity contribution < 1.29 is 14.6 Å². The third-order valence-electron chi connectivity index (χ3n) is 2.05. The van der Waals surface area contributed by atoms with Crippen LogP contribution < -0.4 is 4.74 Å². The average Bonchev–Trinajstić information content (AvgIpc) is 2.36. The first-order chi connectivity index (χ1) is 8.99. The molecule has 19 heavy (non-hydrogen) atoms. The van der Waals surface area contributed by atoms with Crippen LogP contribution in [0.3, 0.4) is 0 Å². The van der Waals surface area contributed by atoms with Gasteiger partial charge in [0.05, 0.1) is 10.0 Å². The van der Waals surface area contributed by atoms with E-state index in [1.807, 2.05) is 0 Å². The SMILES string of the molecule is O=C(O)c1nccnc1Oc1cc(Cl)c(Br)cc1Cl. The van der Waals surface area contributed by atoms with Gasteiger partial charge in [-0.3, -0.25) is 0 Å². The molecule has 0 aliphatic rings. The summed E-state index contributed by atoms with van der Waals surface area (Å²) in [6, 6.07) is 2.99. The summed E-state index contributed by atoms with van der Waals surface area (Å²) in [7, 11) is 0. The Morgan fingerprint density at radius 2 is 1.89 bits per heavy atom. The number of aromatic nitrogens is 2. The second-order valence-electron chi connectivity index (χ2n) is 3.31. The van der Waals surface area contributed by atoms with Crippen molar-refractivity contribution in [3.8, 4) is 11.6 Å². The van der Waals surface area contributed by atoms with Crippen molar-refractivity contribution in [1.29, 1.82) is 0 Å². The highest BCUT2D eigenvalue weighted by Crippen LogP contribution is 2.36. The molecular weight excluding hydrogens is 359 g/mol. The number of hydrogen-bond donors (Lipinski definition) is 1. The van der Waals surface area contributed by atoms with E-state index in [0.717, 1.165) is 0 Å². The molecule has 2 aromatic rings. The van der Waals surface area contributed by atoms with Gasteiger partial charge in [-0.25, -0.2) is 14.8 Å². The zero-order valence-electron chi connectivity index (χ0n) is 9.10. The average molecular weight is 364 g/mol. The summed E-state index contributed by atoms with van der Waals surface area (Å²) in [6.45, 7) is 0. The van der Waals surface area contributed by atoms with E-state index in [1.54, 1.807) is 0 Å². The minimum absolute atomic E-state index is 0.157. The Labute approximate surface area is 126 Å². The molecule has 8 heteroatoms. The Bertz CT molecular complexity index is 652. The highest BCUT2D eigenvalue weighted by molar-refractivity contribution is 9.10. The summed E-state index contributed by atoms with van der Waals surface area (Å²) in [4.78, 5) is 18.4. The standard InChI is InChI=1S/C11H5BrCl2N2O3/c12-5-3-7(14)8(4-6(5)13)19-10-9(11(17)18)15-1-2-16-10/h1-4H,(H,17,18). The first kappa shape index (κ1) is 14.0. The first-order valence-electron chi connectivity index (χ1n) is 4.85. The fraction of sp³-hybridized carbons (Fsp3) is 0. The fourth-order valence-corrected chi connectivity index (χ4v) is 2.06. The van der Waals surface area contributed by atoms with E-state index in [4.69, 9.17) is 33.0 Å². The fourth-order valence-electron chi connectivity index (χ4n) is 1.23. The number of carbonyl (C=O) groups is 1. The quantitative estimate of drug-likeness (QED) is 0.833. The van der Waals surface area contributed by atoms with Gasteiger partial charge in [-0.1, -0.05) is 23.2 Å². The van der Waals surface area contributed by atoms with Crippen molar-refractivity contribution >= 4 is 45.1 Å². The molecule has 0 spiro atoms. The van der Waals surface area contributed by atoms with Crippen molar-refractivity contribution in [1.82, 2.24) is 9.97 Å². The zero-order chi connectivity index (χ0) is 14.0. The first-order valence-corrected chi connectivity index (χ1v) is 6.40. The van der Waals surface area contributed by atoms with E-state index in [9.17, 15) is 4.79 Å². The van der Waals surface area contributed by atoms with E-state index in [2.05, 4.69) is 25.9 Å². The minimum atomic E-state index is -1.25. The molecule has 0 aliphatic carbocycles. The van der Waals surface area contributed by atoms with Gasteiger partial charge in [-0.2, -0.15) is 0 Å². The van der Waals surface area contributed by atoms with Crippen molar-refractivity contribution in [2.24, 2.45) is 0 Å². The number of ether oxygens (including phenoxy) is 1. The number of carboxylic acids is 1. The lowest BCUT2D eigenvalue weighted by Crippen LogP contribution is -2.04. The van der Waals surface area contributed by atoms with Gasteiger partial charge in [0.2, 0.25) is 5.69 Å². The summed E-state index contributed by atoms with van der Waals surface area (Å²) >= 11 is 15.1. The van der Waals surface area contributed by atoms with Crippen LogP contribution in [0.4, 0.5) is 0 Å². The summed E-state index contributed by atoms with van der Waals surface area (Å²) in [5.41, 5.74) is -0.308. The maximum absolute atomic E-state index is 11.0. The van der Waals surface area contributed by atoms with Crippen LogP contribution in [0.5, 0.6) is 11.6 Å². The summed E-state index contributed by atoms with van der Waals surface area (Å²) in [5, 5.41) is 9.60. The Morgan fingerprint density at radius 1 is 1.21 bits per heavy atom. The second kappa shape index (κ2) is 5.73. The van der Waals surface area contributed by atoms with Gasteiger partial charge < -0.3 is 9.84 Å². The zero-order valence-corrected chi connectivity index (χ0v) is 12.2. The topological polar surface area (TPSA) is 72.3 Å². The number of nitrogens with zero attached hydrogens (tertiary/aromatic N) is 2. The van der Waals surface area contributed by atoms with Gasteiger partial charge in [0.25, 0.3) is 5.88 Å². The normalized spacial score (nSPS) is 10.3. The van der Waals surface area contributed by atoms with Gasteiger partial charge in [0.15, 0.2) is 0 Å². The lowest BCUT2D eigenvalue weighted by molar-refractivity contribution is 0.0686. The molecular formula is C11H5BrCl2N2O3. The van der Waals surface area contributed by atoms with Gasteiger partial charge >= 0.3 is 5.97 Å². The van der Waals surface area contributed by atoms with Crippen LogP contribution in [0, 0.1) is 0 Å². The van der Waals surface area contributed by atoms with Crippen LogP contribution in [0.2, 0.25) is 10.0 Å². The van der Waals surface area contributed by atoms with Gasteiger partial charge in [0, 0.05) is 22.9 Å². The molecule has 0 fully saturated rings. The van der Waals surface area contributed by atoms with Crippen molar-refractivity contribution in [3.63, 3.8) is 0 Å². The van der Waals surface area contributed by atoms with Crippen LogP contribution in [-0.4, -0.2) is 21.0 Å². The number of hydrogen-bond acceptors (Lipinski definition) is 4. The van der Waals surface area contributed by atoms with E-state index >= 15 is 0 Å². The number of halogens is 3. The van der Waals surface area contributed by atoms with Crippen LogP contribution in [-0.2, 0) is 0 Å². The molecule has 2 rings (SSSR count). The molecule has 1 aromatic heterocycles. The predicted molar refractivity (Wildman–Crippen MR) is 73.2 cm³/mol. The predicted octanol–water partition coefficient (Wildman–Crippen LogP) is 4.04. The highest BCUT2D eigenvalue weighted by atomic mass is 79.9. The molecule has 0 saturated carbocycles. The molecule has 0 unspecified atom stereocenters. The van der Waals surface area contributed by atoms with E-state index < -0.39 is 5.97 Å². The van der Waals surface area contributed by atoms with Crippen molar-refractivity contribution in [2.75, 3.05) is 0 Å².